The van der Waals surface area contributed by atoms with Crippen molar-refractivity contribution in [2.75, 3.05) is 26.3 Å². The number of ether oxygens (including phenoxy) is 2. The molecule has 2 rings (SSSR count). The van der Waals surface area contributed by atoms with Crippen molar-refractivity contribution >= 4 is 5.97 Å². The predicted molar refractivity (Wildman–Crippen MR) is 48.2 cm³/mol. The summed E-state index contributed by atoms with van der Waals surface area (Å²) in [5, 5.41) is 8.90. The van der Waals surface area contributed by atoms with Crippen molar-refractivity contribution in [2.24, 2.45) is 0 Å². The van der Waals surface area contributed by atoms with Gasteiger partial charge >= 0.3 is 5.97 Å². The van der Waals surface area contributed by atoms with Gasteiger partial charge in [-0.2, -0.15) is 0 Å². The Kier molecular flexibility index (Phi) is 2.71. The summed E-state index contributed by atoms with van der Waals surface area (Å²) in [4.78, 5) is 12.7. The van der Waals surface area contributed by atoms with E-state index in [2.05, 4.69) is 0 Å². The largest absolute Gasteiger partial charge is 0.480 e. The standard InChI is InChI=1S/C9H15NO4/c1-6(9(11)12)10(2-7-4-13-7)3-8-5-14-8/h6-8H,2-5H2,1H3,(H,11,12)/t6-,7?,8?/m0/s1. The lowest BCUT2D eigenvalue weighted by molar-refractivity contribution is -0.142. The van der Waals surface area contributed by atoms with Crippen LogP contribution in [0, 0.1) is 0 Å². The summed E-state index contributed by atoms with van der Waals surface area (Å²) in [6, 6.07) is -0.455. The summed E-state index contributed by atoms with van der Waals surface area (Å²) in [5.74, 6) is -0.786. The van der Waals surface area contributed by atoms with Gasteiger partial charge in [0, 0.05) is 13.1 Å². The Morgan fingerprint density at radius 1 is 1.43 bits per heavy atom. The Morgan fingerprint density at radius 2 is 1.86 bits per heavy atom. The number of carboxylic acid groups (broad SMARTS) is 1. The van der Waals surface area contributed by atoms with E-state index in [0.717, 1.165) is 13.2 Å². The van der Waals surface area contributed by atoms with Crippen LogP contribution in [0.15, 0.2) is 0 Å². The highest BCUT2D eigenvalue weighted by atomic mass is 16.6. The lowest BCUT2D eigenvalue weighted by atomic mass is 10.2. The molecule has 2 saturated heterocycles. The molecule has 2 heterocycles. The number of carboxylic acids is 1. The molecule has 80 valence electrons. The smallest absolute Gasteiger partial charge is 0.320 e. The zero-order valence-electron chi connectivity index (χ0n) is 8.18. The molecule has 0 aromatic heterocycles. The number of carbonyl (C=O) groups is 1. The number of hydrogen-bond donors (Lipinski definition) is 1. The molecular formula is C9H15NO4. The van der Waals surface area contributed by atoms with Crippen LogP contribution in [0.5, 0.6) is 0 Å². The van der Waals surface area contributed by atoms with E-state index < -0.39 is 12.0 Å². The van der Waals surface area contributed by atoms with E-state index in [-0.39, 0.29) is 12.2 Å². The summed E-state index contributed by atoms with van der Waals surface area (Å²) in [6.45, 7) is 4.62. The third kappa shape index (κ3) is 2.67. The zero-order chi connectivity index (χ0) is 10.1. The SMILES string of the molecule is C[C@@H](C(=O)O)N(CC1CO1)CC1CO1. The molecule has 2 fully saturated rings. The lowest BCUT2D eigenvalue weighted by Crippen LogP contribution is -2.43. The lowest BCUT2D eigenvalue weighted by Gasteiger charge is -2.24. The molecule has 1 N–H and O–H groups in total. The highest BCUT2D eigenvalue weighted by Crippen LogP contribution is 2.17. The monoisotopic (exact) mass is 201 g/mol. The summed E-state index contributed by atoms with van der Waals surface area (Å²) in [7, 11) is 0. The normalized spacial score (nSPS) is 31.6. The van der Waals surface area contributed by atoms with Crippen molar-refractivity contribution in [2.45, 2.75) is 25.2 Å². The summed E-state index contributed by atoms with van der Waals surface area (Å²) in [5.41, 5.74) is 0. The van der Waals surface area contributed by atoms with Gasteiger partial charge in [0.2, 0.25) is 0 Å². The van der Waals surface area contributed by atoms with E-state index in [0.29, 0.717) is 13.1 Å². The number of nitrogens with zero attached hydrogens (tertiary/aromatic N) is 1. The van der Waals surface area contributed by atoms with Crippen LogP contribution in [0.4, 0.5) is 0 Å². The second-order valence-electron chi connectivity index (χ2n) is 3.88. The summed E-state index contributed by atoms with van der Waals surface area (Å²) in [6.07, 6.45) is 0.464. The number of hydrogen-bond acceptors (Lipinski definition) is 4. The molecule has 14 heavy (non-hydrogen) atoms. The zero-order valence-corrected chi connectivity index (χ0v) is 8.18. The number of epoxide rings is 2. The molecule has 0 aromatic carbocycles. The first-order valence-electron chi connectivity index (χ1n) is 4.87. The highest BCUT2D eigenvalue weighted by Gasteiger charge is 2.34. The third-order valence-electron chi connectivity index (χ3n) is 2.59. The topological polar surface area (TPSA) is 65.6 Å². The van der Waals surface area contributed by atoms with Crippen LogP contribution in [0.2, 0.25) is 0 Å². The molecular weight excluding hydrogens is 186 g/mol. The fraction of sp³-hybridized carbons (Fsp3) is 0.889. The summed E-state index contributed by atoms with van der Waals surface area (Å²) >= 11 is 0. The molecule has 2 aliphatic rings. The number of aliphatic carboxylic acids is 1. The van der Waals surface area contributed by atoms with E-state index >= 15 is 0 Å². The van der Waals surface area contributed by atoms with Gasteiger partial charge in [-0.1, -0.05) is 0 Å². The van der Waals surface area contributed by atoms with E-state index in [1.54, 1.807) is 6.92 Å². The molecule has 0 saturated carbocycles. The van der Waals surface area contributed by atoms with Crippen molar-refractivity contribution < 1.29 is 19.4 Å². The Bertz CT molecular complexity index is 211. The molecule has 2 unspecified atom stereocenters. The van der Waals surface area contributed by atoms with E-state index in [4.69, 9.17) is 14.6 Å². The highest BCUT2D eigenvalue weighted by molar-refractivity contribution is 5.72. The molecule has 0 amide bonds. The Morgan fingerprint density at radius 3 is 2.14 bits per heavy atom. The second-order valence-corrected chi connectivity index (χ2v) is 3.88. The molecule has 0 aromatic rings. The second kappa shape index (κ2) is 3.84. The van der Waals surface area contributed by atoms with Gasteiger partial charge in [0.25, 0.3) is 0 Å². The predicted octanol–water partition coefficient (Wildman–Crippen LogP) is -0.441. The van der Waals surface area contributed by atoms with Crippen LogP contribution < -0.4 is 0 Å². The van der Waals surface area contributed by atoms with Crippen molar-refractivity contribution in [3.8, 4) is 0 Å². The van der Waals surface area contributed by atoms with Crippen LogP contribution in [-0.2, 0) is 14.3 Å². The van der Waals surface area contributed by atoms with Crippen LogP contribution >= 0.6 is 0 Å². The van der Waals surface area contributed by atoms with Crippen molar-refractivity contribution in [3.05, 3.63) is 0 Å². The Hall–Kier alpha value is -0.650. The van der Waals surface area contributed by atoms with Crippen molar-refractivity contribution in [3.63, 3.8) is 0 Å². The van der Waals surface area contributed by atoms with Gasteiger partial charge in [0.15, 0.2) is 0 Å². The fourth-order valence-electron chi connectivity index (χ4n) is 1.42. The first-order chi connectivity index (χ1) is 6.66. The average Bonchev–Trinajstić information content (AvgIpc) is 2.94. The van der Waals surface area contributed by atoms with E-state index in [9.17, 15) is 4.79 Å². The molecule has 2 aliphatic heterocycles. The van der Waals surface area contributed by atoms with Gasteiger partial charge in [0.05, 0.1) is 25.4 Å². The third-order valence-corrected chi connectivity index (χ3v) is 2.59. The van der Waals surface area contributed by atoms with E-state index in [1.807, 2.05) is 4.90 Å². The van der Waals surface area contributed by atoms with Crippen molar-refractivity contribution in [1.29, 1.82) is 0 Å². The minimum absolute atomic E-state index is 0.232. The van der Waals surface area contributed by atoms with Gasteiger partial charge in [-0.05, 0) is 6.92 Å². The maximum atomic E-state index is 10.8. The maximum Gasteiger partial charge on any atom is 0.320 e. The van der Waals surface area contributed by atoms with Gasteiger partial charge < -0.3 is 14.6 Å². The molecule has 5 nitrogen and oxygen atoms in total. The molecule has 5 heteroatoms. The Balaban J connectivity index is 1.84. The molecule has 0 radical (unpaired) electrons. The average molecular weight is 201 g/mol. The molecule has 0 spiro atoms. The minimum atomic E-state index is -0.786. The van der Waals surface area contributed by atoms with Crippen LogP contribution in [0.25, 0.3) is 0 Å². The first kappa shape index (κ1) is 9.89. The van der Waals surface area contributed by atoms with Gasteiger partial charge in [0.1, 0.15) is 6.04 Å². The minimum Gasteiger partial charge on any atom is -0.480 e. The fourth-order valence-corrected chi connectivity index (χ4v) is 1.42. The van der Waals surface area contributed by atoms with Gasteiger partial charge in [-0.15, -0.1) is 0 Å². The van der Waals surface area contributed by atoms with Crippen LogP contribution in [0.1, 0.15) is 6.92 Å². The van der Waals surface area contributed by atoms with E-state index in [1.165, 1.54) is 0 Å². The van der Waals surface area contributed by atoms with Crippen LogP contribution in [0.3, 0.4) is 0 Å². The molecule has 0 bridgehead atoms. The van der Waals surface area contributed by atoms with Crippen molar-refractivity contribution in [1.82, 2.24) is 4.90 Å². The quantitative estimate of drug-likeness (QED) is 0.590. The molecule has 0 aliphatic carbocycles. The summed E-state index contributed by atoms with van der Waals surface area (Å²) < 4.78 is 10.2. The first-order valence-corrected chi connectivity index (χ1v) is 4.87. The molecule has 3 atom stereocenters. The Labute approximate surface area is 82.6 Å². The van der Waals surface area contributed by atoms with Gasteiger partial charge in [-0.3, -0.25) is 9.69 Å². The van der Waals surface area contributed by atoms with Gasteiger partial charge in [-0.25, -0.2) is 0 Å². The van der Waals surface area contributed by atoms with Crippen LogP contribution in [-0.4, -0.2) is 60.5 Å². The maximum absolute atomic E-state index is 10.8. The number of rotatable bonds is 6.